The van der Waals surface area contributed by atoms with E-state index >= 15 is 0 Å². The molecule has 2 aromatic carbocycles. The van der Waals surface area contributed by atoms with E-state index in [1.807, 2.05) is 37.3 Å². The molecule has 1 unspecified atom stereocenters. The predicted molar refractivity (Wildman–Crippen MR) is 130 cm³/mol. The van der Waals surface area contributed by atoms with Gasteiger partial charge in [-0.3, -0.25) is 9.78 Å². The Morgan fingerprint density at radius 3 is 2.64 bits per heavy atom. The highest BCUT2D eigenvalue weighted by molar-refractivity contribution is 5.94. The number of unbranched alkanes of at least 4 members (excludes halogenated alkanes) is 1. The van der Waals surface area contributed by atoms with Crippen molar-refractivity contribution in [2.24, 2.45) is 0 Å². The fraction of sp³-hybridized carbons (Fsp3) is 0.296. The number of hydrogen-bond donors (Lipinski definition) is 1. The van der Waals surface area contributed by atoms with Crippen LogP contribution in [0.1, 0.15) is 54.5 Å². The Labute approximate surface area is 194 Å². The highest BCUT2D eigenvalue weighted by Crippen LogP contribution is 2.22. The van der Waals surface area contributed by atoms with Crippen LogP contribution in [-0.2, 0) is 13.0 Å². The number of amides is 1. The van der Waals surface area contributed by atoms with Gasteiger partial charge in [0.25, 0.3) is 5.91 Å². The summed E-state index contributed by atoms with van der Waals surface area (Å²) in [6.45, 7) is 5.59. The first-order valence-electron chi connectivity index (χ1n) is 11.5. The lowest BCUT2D eigenvalue weighted by atomic mass is 10.2. The summed E-state index contributed by atoms with van der Waals surface area (Å²) in [6, 6.07) is 19.7. The molecule has 4 aromatic rings. The number of rotatable bonds is 10. The van der Waals surface area contributed by atoms with Crippen LogP contribution in [0.2, 0.25) is 0 Å². The Hall–Kier alpha value is -3.67. The lowest BCUT2D eigenvalue weighted by Crippen LogP contribution is -2.28. The van der Waals surface area contributed by atoms with Gasteiger partial charge >= 0.3 is 0 Å². The van der Waals surface area contributed by atoms with E-state index in [0.717, 1.165) is 48.4 Å². The van der Waals surface area contributed by atoms with Gasteiger partial charge in [0.15, 0.2) is 0 Å². The van der Waals surface area contributed by atoms with Crippen molar-refractivity contribution in [1.29, 1.82) is 0 Å². The van der Waals surface area contributed by atoms with Gasteiger partial charge in [-0.1, -0.05) is 31.2 Å². The summed E-state index contributed by atoms with van der Waals surface area (Å²) in [6.07, 6.45) is 6.13. The van der Waals surface area contributed by atoms with Crippen LogP contribution in [0.25, 0.3) is 11.0 Å². The molecule has 0 saturated carbocycles. The number of carbonyl (C=O) groups is 1. The number of nitrogens with one attached hydrogen (secondary N) is 1. The van der Waals surface area contributed by atoms with Gasteiger partial charge in [-0.2, -0.15) is 0 Å². The number of nitrogens with zero attached hydrogens (tertiary/aromatic N) is 3. The molecule has 0 aliphatic carbocycles. The van der Waals surface area contributed by atoms with Crippen LogP contribution in [0.3, 0.4) is 0 Å². The van der Waals surface area contributed by atoms with Crippen molar-refractivity contribution < 1.29 is 9.53 Å². The molecule has 170 valence electrons. The number of hydrogen-bond acceptors (Lipinski definition) is 4. The number of imidazole rings is 1. The zero-order valence-electron chi connectivity index (χ0n) is 19.2. The molecule has 0 bridgehead atoms. The monoisotopic (exact) mass is 442 g/mol. The fourth-order valence-corrected chi connectivity index (χ4v) is 3.88. The quantitative estimate of drug-likeness (QED) is 0.337. The van der Waals surface area contributed by atoms with Gasteiger partial charge in [0.05, 0.1) is 29.2 Å². The summed E-state index contributed by atoms with van der Waals surface area (Å²) in [7, 11) is 0. The molecule has 0 saturated heterocycles. The van der Waals surface area contributed by atoms with Crippen molar-refractivity contribution in [1.82, 2.24) is 19.9 Å². The lowest BCUT2D eigenvalue weighted by molar-refractivity contribution is 0.0937. The molecule has 2 aromatic heterocycles. The number of pyridine rings is 1. The molecule has 4 rings (SSSR count). The molecule has 1 amide bonds. The van der Waals surface area contributed by atoms with E-state index in [1.54, 1.807) is 24.5 Å². The zero-order chi connectivity index (χ0) is 23.0. The molecule has 0 spiro atoms. The highest BCUT2D eigenvalue weighted by atomic mass is 16.5. The molecule has 2 heterocycles. The van der Waals surface area contributed by atoms with E-state index < -0.39 is 0 Å². The number of carbonyl (C=O) groups excluding carboxylic acids is 1. The summed E-state index contributed by atoms with van der Waals surface area (Å²) < 4.78 is 8.11. The maximum Gasteiger partial charge on any atom is 0.253 e. The van der Waals surface area contributed by atoms with Crippen molar-refractivity contribution >= 4 is 16.9 Å². The van der Waals surface area contributed by atoms with Crippen LogP contribution in [0.15, 0.2) is 73.1 Å². The average Bonchev–Trinajstić information content (AvgIpc) is 3.23. The smallest absolute Gasteiger partial charge is 0.253 e. The molecule has 0 fully saturated rings. The minimum absolute atomic E-state index is 0.156. The second-order valence-corrected chi connectivity index (χ2v) is 8.10. The first-order chi connectivity index (χ1) is 16.2. The number of fused-ring (bicyclic) bond motifs is 1. The summed E-state index contributed by atoms with van der Waals surface area (Å²) in [5.74, 6) is 1.61. The van der Waals surface area contributed by atoms with Crippen LogP contribution in [-0.4, -0.2) is 27.0 Å². The van der Waals surface area contributed by atoms with Gasteiger partial charge in [-0.05, 0) is 68.1 Å². The van der Waals surface area contributed by atoms with E-state index in [1.165, 1.54) is 5.56 Å². The van der Waals surface area contributed by atoms with Crippen molar-refractivity contribution in [3.63, 3.8) is 0 Å². The van der Waals surface area contributed by atoms with Crippen molar-refractivity contribution in [2.45, 2.75) is 45.7 Å². The van der Waals surface area contributed by atoms with Crippen LogP contribution >= 0.6 is 0 Å². The topological polar surface area (TPSA) is 69.0 Å². The predicted octanol–water partition coefficient (Wildman–Crippen LogP) is 5.34. The van der Waals surface area contributed by atoms with Crippen LogP contribution < -0.4 is 10.1 Å². The first kappa shape index (κ1) is 22.5. The van der Waals surface area contributed by atoms with Crippen LogP contribution in [0, 0.1) is 0 Å². The Kier molecular flexibility index (Phi) is 7.35. The van der Waals surface area contributed by atoms with Gasteiger partial charge in [0, 0.05) is 18.9 Å². The minimum atomic E-state index is -0.238. The summed E-state index contributed by atoms with van der Waals surface area (Å²) >= 11 is 0. The SMILES string of the molecule is CCc1ccc(OCCCCn2c(C(C)NC(=O)c3cccnc3)nc3ccccc32)cc1. The molecule has 0 radical (unpaired) electrons. The Bertz CT molecular complexity index is 1190. The number of benzene rings is 2. The molecule has 0 aliphatic rings. The zero-order valence-corrected chi connectivity index (χ0v) is 19.2. The summed E-state index contributed by atoms with van der Waals surface area (Å²) in [4.78, 5) is 21.5. The molecular weight excluding hydrogens is 412 g/mol. The van der Waals surface area contributed by atoms with Gasteiger partial charge in [-0.25, -0.2) is 4.98 Å². The van der Waals surface area contributed by atoms with E-state index in [2.05, 4.69) is 40.0 Å². The average molecular weight is 443 g/mol. The largest absolute Gasteiger partial charge is 0.494 e. The molecule has 6 heteroatoms. The Balaban J connectivity index is 1.39. The molecule has 1 N–H and O–H groups in total. The fourth-order valence-electron chi connectivity index (χ4n) is 3.88. The standard InChI is InChI=1S/C27H30N4O2/c1-3-21-12-14-23(15-13-21)33-18-7-6-17-31-25-11-5-4-10-24(25)30-26(31)20(2)29-27(32)22-9-8-16-28-19-22/h4-5,8-16,19-20H,3,6-7,17-18H2,1-2H3,(H,29,32). The maximum atomic E-state index is 12.6. The lowest BCUT2D eigenvalue weighted by Gasteiger charge is -2.16. The summed E-state index contributed by atoms with van der Waals surface area (Å²) in [5, 5.41) is 3.06. The minimum Gasteiger partial charge on any atom is -0.494 e. The van der Waals surface area contributed by atoms with E-state index in [9.17, 15) is 4.79 Å². The van der Waals surface area contributed by atoms with Gasteiger partial charge < -0.3 is 14.6 Å². The van der Waals surface area contributed by atoms with Gasteiger partial charge in [0.2, 0.25) is 0 Å². The molecule has 1 atom stereocenters. The van der Waals surface area contributed by atoms with E-state index in [0.29, 0.717) is 12.2 Å². The first-order valence-corrected chi connectivity index (χ1v) is 11.5. The maximum absolute atomic E-state index is 12.6. The van der Waals surface area contributed by atoms with Crippen LogP contribution in [0.5, 0.6) is 5.75 Å². The number of para-hydroxylation sites is 2. The third kappa shape index (κ3) is 5.58. The highest BCUT2D eigenvalue weighted by Gasteiger charge is 2.19. The van der Waals surface area contributed by atoms with E-state index in [-0.39, 0.29) is 11.9 Å². The Morgan fingerprint density at radius 2 is 1.88 bits per heavy atom. The second kappa shape index (κ2) is 10.8. The molecular formula is C27H30N4O2. The van der Waals surface area contributed by atoms with Crippen LogP contribution in [0.4, 0.5) is 0 Å². The van der Waals surface area contributed by atoms with Crippen molar-refractivity contribution in [3.05, 3.63) is 90.0 Å². The number of aromatic nitrogens is 3. The number of aryl methyl sites for hydroxylation is 2. The van der Waals surface area contributed by atoms with E-state index in [4.69, 9.17) is 9.72 Å². The van der Waals surface area contributed by atoms with Gasteiger partial charge in [-0.15, -0.1) is 0 Å². The Morgan fingerprint density at radius 1 is 1.06 bits per heavy atom. The van der Waals surface area contributed by atoms with Crippen molar-refractivity contribution in [2.75, 3.05) is 6.61 Å². The molecule has 6 nitrogen and oxygen atoms in total. The summed E-state index contributed by atoms with van der Waals surface area (Å²) in [5.41, 5.74) is 3.86. The van der Waals surface area contributed by atoms with Crippen molar-refractivity contribution in [3.8, 4) is 5.75 Å². The van der Waals surface area contributed by atoms with Gasteiger partial charge in [0.1, 0.15) is 11.6 Å². The molecule has 0 aliphatic heterocycles. The third-order valence-electron chi connectivity index (χ3n) is 5.72. The normalized spacial score (nSPS) is 11.9. The second-order valence-electron chi connectivity index (χ2n) is 8.10. The molecule has 33 heavy (non-hydrogen) atoms. The number of ether oxygens (including phenoxy) is 1. The third-order valence-corrected chi connectivity index (χ3v) is 5.72.